The molecule has 2 atom stereocenters. The standard InChI is InChI=1S/C17H21FN4O/c1-9-7-12-8-23-6-4-5-22(12)17-13-15(9)19-10(2)14(18)16(13)20-11(3)21-17/h9,12H,4-8H2,1-3H3/t9?,12-/m0/s1. The first-order chi connectivity index (χ1) is 11.1. The molecule has 0 N–H and O–H groups in total. The number of rotatable bonds is 0. The Labute approximate surface area is 134 Å². The highest BCUT2D eigenvalue weighted by Crippen LogP contribution is 2.39. The van der Waals surface area contributed by atoms with Gasteiger partial charge in [-0.2, -0.15) is 0 Å². The lowest BCUT2D eigenvalue weighted by molar-refractivity contribution is 0.131. The predicted molar refractivity (Wildman–Crippen MR) is 86.4 cm³/mol. The van der Waals surface area contributed by atoms with Gasteiger partial charge in [-0.05, 0) is 26.7 Å². The van der Waals surface area contributed by atoms with Crippen molar-refractivity contribution in [3.63, 3.8) is 0 Å². The number of hydrogen-bond donors (Lipinski definition) is 0. The average Bonchev–Trinajstić information content (AvgIpc) is 2.79. The maximum absolute atomic E-state index is 14.7. The Morgan fingerprint density at radius 1 is 1.22 bits per heavy atom. The van der Waals surface area contributed by atoms with Crippen LogP contribution in [0, 0.1) is 19.7 Å². The van der Waals surface area contributed by atoms with Crippen LogP contribution in [-0.2, 0) is 4.74 Å². The number of hydrogen-bond acceptors (Lipinski definition) is 5. The molecule has 0 spiro atoms. The molecule has 23 heavy (non-hydrogen) atoms. The summed E-state index contributed by atoms with van der Waals surface area (Å²) < 4.78 is 20.4. The summed E-state index contributed by atoms with van der Waals surface area (Å²) >= 11 is 0. The first-order valence-corrected chi connectivity index (χ1v) is 8.25. The molecule has 0 bridgehead atoms. The van der Waals surface area contributed by atoms with Crippen molar-refractivity contribution in [3.05, 3.63) is 23.0 Å². The van der Waals surface area contributed by atoms with Crippen molar-refractivity contribution in [3.8, 4) is 0 Å². The number of pyridine rings is 1. The van der Waals surface area contributed by atoms with Gasteiger partial charge in [0.05, 0.1) is 29.4 Å². The number of anilines is 1. The van der Waals surface area contributed by atoms with Crippen molar-refractivity contribution in [1.82, 2.24) is 15.0 Å². The Bertz CT molecular complexity index is 779. The monoisotopic (exact) mass is 316 g/mol. The van der Waals surface area contributed by atoms with Gasteiger partial charge in [-0.3, -0.25) is 4.98 Å². The van der Waals surface area contributed by atoms with Crippen LogP contribution in [0.5, 0.6) is 0 Å². The summed E-state index contributed by atoms with van der Waals surface area (Å²) in [5.41, 5.74) is 1.74. The zero-order valence-electron chi connectivity index (χ0n) is 13.8. The Balaban J connectivity index is 2.06. The van der Waals surface area contributed by atoms with Gasteiger partial charge in [-0.15, -0.1) is 0 Å². The summed E-state index contributed by atoms with van der Waals surface area (Å²) in [4.78, 5) is 15.9. The normalized spacial score (nSPS) is 24.3. The second-order valence-electron chi connectivity index (χ2n) is 6.63. The quantitative estimate of drug-likeness (QED) is 0.748. The molecule has 1 unspecified atom stereocenters. The Morgan fingerprint density at radius 2 is 2.04 bits per heavy atom. The Hall–Kier alpha value is -1.82. The van der Waals surface area contributed by atoms with E-state index in [4.69, 9.17) is 4.74 Å². The van der Waals surface area contributed by atoms with Gasteiger partial charge in [0.2, 0.25) is 0 Å². The van der Waals surface area contributed by atoms with Crippen molar-refractivity contribution in [1.29, 1.82) is 0 Å². The minimum Gasteiger partial charge on any atom is -0.379 e. The van der Waals surface area contributed by atoms with Crippen LogP contribution in [0.15, 0.2) is 0 Å². The van der Waals surface area contributed by atoms with Gasteiger partial charge in [0.1, 0.15) is 17.2 Å². The number of fused-ring (bicyclic) bond motifs is 2. The smallest absolute Gasteiger partial charge is 0.170 e. The minimum atomic E-state index is -0.327. The fourth-order valence-corrected chi connectivity index (χ4v) is 3.80. The summed E-state index contributed by atoms with van der Waals surface area (Å²) in [5.74, 6) is 1.32. The lowest BCUT2D eigenvalue weighted by Crippen LogP contribution is -2.38. The van der Waals surface area contributed by atoms with Crippen molar-refractivity contribution in [2.24, 2.45) is 0 Å². The van der Waals surface area contributed by atoms with E-state index >= 15 is 0 Å². The van der Waals surface area contributed by atoms with Crippen molar-refractivity contribution < 1.29 is 9.13 Å². The lowest BCUT2D eigenvalue weighted by atomic mass is 9.97. The second kappa shape index (κ2) is 5.37. The highest BCUT2D eigenvalue weighted by Gasteiger charge is 2.33. The van der Waals surface area contributed by atoms with E-state index in [2.05, 4.69) is 26.8 Å². The largest absolute Gasteiger partial charge is 0.379 e. The van der Waals surface area contributed by atoms with Crippen molar-refractivity contribution in [2.75, 3.05) is 24.7 Å². The zero-order chi connectivity index (χ0) is 16.1. The van der Waals surface area contributed by atoms with E-state index in [9.17, 15) is 4.39 Å². The van der Waals surface area contributed by atoms with Gasteiger partial charge < -0.3 is 9.64 Å². The third-order valence-corrected chi connectivity index (χ3v) is 4.87. The molecule has 0 saturated carbocycles. The van der Waals surface area contributed by atoms with Crippen LogP contribution in [-0.4, -0.2) is 40.8 Å². The number of nitrogens with zero attached hydrogens (tertiary/aromatic N) is 4. The van der Waals surface area contributed by atoms with Crippen LogP contribution in [0.4, 0.5) is 10.2 Å². The third-order valence-electron chi connectivity index (χ3n) is 4.87. The summed E-state index contributed by atoms with van der Waals surface area (Å²) in [6.07, 6.45) is 1.88. The van der Waals surface area contributed by atoms with Crippen LogP contribution in [0.3, 0.4) is 0 Å². The number of aryl methyl sites for hydroxylation is 2. The maximum atomic E-state index is 14.7. The van der Waals surface area contributed by atoms with Gasteiger partial charge in [0, 0.05) is 19.1 Å². The molecule has 0 aliphatic carbocycles. The molecule has 6 heteroatoms. The van der Waals surface area contributed by atoms with E-state index in [1.807, 2.05) is 6.92 Å². The van der Waals surface area contributed by atoms with Crippen LogP contribution >= 0.6 is 0 Å². The first kappa shape index (κ1) is 14.8. The van der Waals surface area contributed by atoms with Crippen molar-refractivity contribution in [2.45, 2.75) is 45.6 Å². The van der Waals surface area contributed by atoms with Crippen molar-refractivity contribution >= 4 is 16.7 Å². The highest BCUT2D eigenvalue weighted by molar-refractivity contribution is 5.93. The molecule has 0 amide bonds. The number of aromatic nitrogens is 3. The molecular weight excluding hydrogens is 295 g/mol. The fourth-order valence-electron chi connectivity index (χ4n) is 3.80. The molecule has 0 radical (unpaired) electrons. The molecule has 2 aliphatic heterocycles. The average molecular weight is 316 g/mol. The van der Waals surface area contributed by atoms with E-state index in [-0.39, 0.29) is 17.8 Å². The van der Waals surface area contributed by atoms with E-state index in [1.54, 1.807) is 6.92 Å². The van der Waals surface area contributed by atoms with E-state index in [1.165, 1.54) is 0 Å². The Kier molecular flexibility index (Phi) is 3.44. The molecule has 1 fully saturated rings. The summed E-state index contributed by atoms with van der Waals surface area (Å²) in [6, 6.07) is 0.252. The van der Waals surface area contributed by atoms with Crippen LogP contribution < -0.4 is 4.90 Å². The summed E-state index contributed by atoms with van der Waals surface area (Å²) in [6.45, 7) is 8.01. The van der Waals surface area contributed by atoms with Gasteiger partial charge in [-0.1, -0.05) is 6.92 Å². The molecule has 4 heterocycles. The SMILES string of the molecule is Cc1nc2c3c(nc(C)c(F)c3n1)C(C)C[C@H]1COCCCN21. The first-order valence-electron chi connectivity index (χ1n) is 8.25. The molecule has 0 aromatic carbocycles. The molecule has 2 aromatic heterocycles. The van der Waals surface area contributed by atoms with Gasteiger partial charge >= 0.3 is 0 Å². The van der Waals surface area contributed by atoms with E-state index < -0.39 is 0 Å². The number of ether oxygens (including phenoxy) is 1. The van der Waals surface area contributed by atoms with Crippen LogP contribution in [0.1, 0.15) is 42.9 Å². The topological polar surface area (TPSA) is 51.1 Å². The molecule has 2 aromatic rings. The van der Waals surface area contributed by atoms with Gasteiger partial charge in [0.15, 0.2) is 5.82 Å². The molecular formula is C17H21FN4O. The second-order valence-corrected chi connectivity index (χ2v) is 6.63. The molecule has 122 valence electrons. The lowest BCUT2D eigenvalue weighted by Gasteiger charge is -2.30. The highest BCUT2D eigenvalue weighted by atomic mass is 19.1. The molecule has 5 nitrogen and oxygen atoms in total. The minimum absolute atomic E-state index is 0.221. The van der Waals surface area contributed by atoms with Crippen LogP contribution in [0.2, 0.25) is 0 Å². The molecule has 2 aliphatic rings. The molecule has 4 rings (SSSR count). The number of halogens is 1. The predicted octanol–water partition coefficient (Wildman–Crippen LogP) is 2.88. The zero-order valence-corrected chi connectivity index (χ0v) is 13.8. The van der Waals surface area contributed by atoms with Gasteiger partial charge in [0.25, 0.3) is 0 Å². The van der Waals surface area contributed by atoms with E-state index in [0.29, 0.717) is 23.6 Å². The summed E-state index contributed by atoms with van der Waals surface area (Å²) in [5, 5.41) is 0.788. The van der Waals surface area contributed by atoms with E-state index in [0.717, 1.165) is 42.9 Å². The Morgan fingerprint density at radius 3 is 2.87 bits per heavy atom. The third kappa shape index (κ3) is 2.27. The maximum Gasteiger partial charge on any atom is 0.170 e. The fraction of sp³-hybridized carbons (Fsp3) is 0.588. The summed E-state index contributed by atoms with van der Waals surface area (Å²) in [7, 11) is 0. The van der Waals surface area contributed by atoms with Gasteiger partial charge in [-0.25, -0.2) is 14.4 Å². The van der Waals surface area contributed by atoms with Crippen LogP contribution in [0.25, 0.3) is 10.9 Å². The molecule has 1 saturated heterocycles.